The molecule has 1 N–H and O–H groups in total. The second kappa shape index (κ2) is 5.33. The average molecular weight is 282 g/mol. The lowest BCUT2D eigenvalue weighted by Gasteiger charge is -2.19. The molecule has 1 unspecified atom stereocenters. The third-order valence-electron chi connectivity index (χ3n) is 3.80. The van der Waals surface area contributed by atoms with Crippen LogP contribution in [0.4, 0.5) is 0 Å². The molecule has 1 fully saturated rings. The van der Waals surface area contributed by atoms with Crippen LogP contribution in [0.2, 0.25) is 0 Å². The van der Waals surface area contributed by atoms with E-state index in [1.807, 2.05) is 0 Å². The summed E-state index contributed by atoms with van der Waals surface area (Å²) >= 11 is 0. The molecule has 0 heterocycles. The highest BCUT2D eigenvalue weighted by Crippen LogP contribution is 2.37. The zero-order chi connectivity index (χ0) is 14.0. The molecular formula is C14H18O4S. The van der Waals surface area contributed by atoms with Crippen molar-refractivity contribution in [2.45, 2.75) is 36.5 Å². The van der Waals surface area contributed by atoms with Crippen molar-refractivity contribution in [3.63, 3.8) is 0 Å². The predicted octanol–water partition coefficient (Wildman–Crippen LogP) is 2.45. The molecule has 104 valence electrons. The van der Waals surface area contributed by atoms with Crippen molar-refractivity contribution in [1.29, 1.82) is 0 Å². The van der Waals surface area contributed by atoms with Gasteiger partial charge in [0.1, 0.15) is 0 Å². The molecule has 2 rings (SSSR count). The minimum atomic E-state index is -3.23. The number of aliphatic carboxylic acids is 1. The van der Waals surface area contributed by atoms with Gasteiger partial charge >= 0.3 is 5.97 Å². The molecule has 0 amide bonds. The average Bonchev–Trinajstić information content (AvgIpc) is 2.82. The quantitative estimate of drug-likeness (QED) is 0.920. The standard InChI is InChI=1S/C14H18O4S/c1-19(17,18)12-8-6-11(7-9-12)13(14(15)16)10-4-2-3-5-10/h6-10,13H,2-5H2,1H3,(H,15,16). The molecule has 1 aliphatic carbocycles. The van der Waals surface area contributed by atoms with Crippen LogP contribution in [0.15, 0.2) is 29.2 Å². The van der Waals surface area contributed by atoms with Crippen molar-refractivity contribution in [1.82, 2.24) is 0 Å². The number of rotatable bonds is 4. The highest BCUT2D eigenvalue weighted by molar-refractivity contribution is 7.90. The number of sulfone groups is 1. The van der Waals surface area contributed by atoms with Gasteiger partial charge in [0.05, 0.1) is 10.8 Å². The fourth-order valence-corrected chi connectivity index (χ4v) is 3.46. The summed E-state index contributed by atoms with van der Waals surface area (Å²) in [5, 5.41) is 9.40. The maximum absolute atomic E-state index is 11.5. The lowest BCUT2D eigenvalue weighted by atomic mass is 9.85. The summed E-state index contributed by atoms with van der Waals surface area (Å²) in [6.45, 7) is 0. The first-order chi connectivity index (χ1) is 8.89. The normalized spacial score (nSPS) is 18.4. The SMILES string of the molecule is CS(=O)(=O)c1ccc(C(C(=O)O)C2CCCC2)cc1. The summed E-state index contributed by atoms with van der Waals surface area (Å²) in [6.07, 6.45) is 5.18. The monoisotopic (exact) mass is 282 g/mol. The fourth-order valence-electron chi connectivity index (χ4n) is 2.83. The molecule has 0 spiro atoms. The predicted molar refractivity (Wildman–Crippen MR) is 71.9 cm³/mol. The van der Waals surface area contributed by atoms with Crippen molar-refractivity contribution < 1.29 is 18.3 Å². The summed E-state index contributed by atoms with van der Waals surface area (Å²) in [7, 11) is -3.23. The lowest BCUT2D eigenvalue weighted by molar-refractivity contribution is -0.140. The molecule has 19 heavy (non-hydrogen) atoms. The van der Waals surface area contributed by atoms with Gasteiger partial charge in [-0.3, -0.25) is 4.79 Å². The highest BCUT2D eigenvalue weighted by atomic mass is 32.2. The van der Waals surface area contributed by atoms with Crippen LogP contribution in [0.3, 0.4) is 0 Å². The first-order valence-electron chi connectivity index (χ1n) is 6.42. The molecule has 0 bridgehead atoms. The molecule has 1 atom stereocenters. The Bertz CT molecular complexity index is 554. The van der Waals surface area contributed by atoms with E-state index in [2.05, 4.69) is 0 Å². The van der Waals surface area contributed by atoms with E-state index in [-0.39, 0.29) is 10.8 Å². The van der Waals surface area contributed by atoms with Gasteiger partial charge in [-0.05, 0) is 36.5 Å². The minimum Gasteiger partial charge on any atom is -0.481 e. The highest BCUT2D eigenvalue weighted by Gasteiger charge is 2.31. The second-order valence-corrected chi connectivity index (χ2v) is 7.22. The topological polar surface area (TPSA) is 71.4 Å². The number of carboxylic acid groups (broad SMARTS) is 1. The van der Waals surface area contributed by atoms with E-state index in [0.29, 0.717) is 5.56 Å². The van der Waals surface area contributed by atoms with Crippen LogP contribution >= 0.6 is 0 Å². The van der Waals surface area contributed by atoms with Gasteiger partial charge < -0.3 is 5.11 Å². The molecule has 1 aromatic carbocycles. The number of hydrogen-bond acceptors (Lipinski definition) is 3. The number of hydrogen-bond donors (Lipinski definition) is 1. The molecule has 1 aliphatic rings. The Labute approximate surface area is 113 Å². The molecule has 1 saturated carbocycles. The first-order valence-corrected chi connectivity index (χ1v) is 8.31. The maximum atomic E-state index is 11.5. The Morgan fingerprint density at radius 2 is 1.74 bits per heavy atom. The molecule has 1 aromatic rings. The van der Waals surface area contributed by atoms with Crippen molar-refractivity contribution in [2.75, 3.05) is 6.26 Å². The van der Waals surface area contributed by atoms with Gasteiger partial charge in [-0.1, -0.05) is 25.0 Å². The molecule has 0 aromatic heterocycles. The number of carboxylic acids is 1. The van der Waals surface area contributed by atoms with Gasteiger partial charge in [0.2, 0.25) is 0 Å². The summed E-state index contributed by atoms with van der Waals surface area (Å²) in [5.74, 6) is -1.17. The van der Waals surface area contributed by atoms with E-state index in [4.69, 9.17) is 0 Å². The van der Waals surface area contributed by atoms with Gasteiger partial charge in [-0.2, -0.15) is 0 Å². The fraction of sp³-hybridized carbons (Fsp3) is 0.500. The Balaban J connectivity index is 2.30. The lowest BCUT2D eigenvalue weighted by Crippen LogP contribution is -2.19. The summed E-state index contributed by atoms with van der Waals surface area (Å²) < 4.78 is 22.8. The zero-order valence-electron chi connectivity index (χ0n) is 10.9. The summed E-state index contributed by atoms with van der Waals surface area (Å²) in [5.41, 5.74) is 0.701. The first kappa shape index (κ1) is 14.1. The molecular weight excluding hydrogens is 264 g/mol. The Morgan fingerprint density at radius 1 is 1.21 bits per heavy atom. The van der Waals surface area contributed by atoms with E-state index in [1.165, 1.54) is 12.1 Å². The van der Waals surface area contributed by atoms with Crippen LogP contribution in [0.5, 0.6) is 0 Å². The van der Waals surface area contributed by atoms with Crippen LogP contribution in [-0.2, 0) is 14.6 Å². The van der Waals surface area contributed by atoms with Gasteiger partial charge in [-0.25, -0.2) is 8.42 Å². The van der Waals surface area contributed by atoms with E-state index in [1.54, 1.807) is 12.1 Å². The molecule has 4 nitrogen and oxygen atoms in total. The third-order valence-corrected chi connectivity index (χ3v) is 4.93. The maximum Gasteiger partial charge on any atom is 0.311 e. The number of carbonyl (C=O) groups is 1. The molecule has 0 aliphatic heterocycles. The van der Waals surface area contributed by atoms with Crippen LogP contribution in [-0.4, -0.2) is 25.7 Å². The van der Waals surface area contributed by atoms with E-state index >= 15 is 0 Å². The van der Waals surface area contributed by atoms with Crippen molar-refractivity contribution in [3.05, 3.63) is 29.8 Å². The largest absolute Gasteiger partial charge is 0.481 e. The molecule has 5 heteroatoms. The van der Waals surface area contributed by atoms with Crippen LogP contribution < -0.4 is 0 Å². The van der Waals surface area contributed by atoms with Crippen molar-refractivity contribution in [2.24, 2.45) is 5.92 Å². The van der Waals surface area contributed by atoms with E-state index in [0.717, 1.165) is 31.9 Å². The van der Waals surface area contributed by atoms with Gasteiger partial charge in [-0.15, -0.1) is 0 Å². The Kier molecular flexibility index (Phi) is 3.94. The number of benzene rings is 1. The molecule has 0 saturated heterocycles. The van der Waals surface area contributed by atoms with Gasteiger partial charge in [0, 0.05) is 6.26 Å². The minimum absolute atomic E-state index is 0.168. The van der Waals surface area contributed by atoms with Crippen LogP contribution in [0.1, 0.15) is 37.2 Å². The Hall–Kier alpha value is -1.36. The second-order valence-electron chi connectivity index (χ2n) is 5.20. The third kappa shape index (κ3) is 3.15. The molecule has 0 radical (unpaired) electrons. The zero-order valence-corrected chi connectivity index (χ0v) is 11.7. The van der Waals surface area contributed by atoms with E-state index < -0.39 is 21.7 Å². The summed E-state index contributed by atoms with van der Waals surface area (Å²) in [6, 6.07) is 6.26. The van der Waals surface area contributed by atoms with Crippen molar-refractivity contribution in [3.8, 4) is 0 Å². The van der Waals surface area contributed by atoms with Crippen molar-refractivity contribution >= 4 is 15.8 Å². The van der Waals surface area contributed by atoms with Gasteiger partial charge in [0.25, 0.3) is 0 Å². The van der Waals surface area contributed by atoms with Crippen LogP contribution in [0, 0.1) is 5.92 Å². The van der Waals surface area contributed by atoms with Crippen LogP contribution in [0.25, 0.3) is 0 Å². The Morgan fingerprint density at radius 3 is 2.16 bits per heavy atom. The van der Waals surface area contributed by atoms with E-state index in [9.17, 15) is 18.3 Å². The van der Waals surface area contributed by atoms with Gasteiger partial charge in [0.15, 0.2) is 9.84 Å². The smallest absolute Gasteiger partial charge is 0.311 e. The summed E-state index contributed by atoms with van der Waals surface area (Å²) in [4.78, 5) is 11.7.